The van der Waals surface area contributed by atoms with E-state index in [1.165, 1.54) is 31.3 Å². The summed E-state index contributed by atoms with van der Waals surface area (Å²) in [5, 5.41) is 12.4. The van der Waals surface area contributed by atoms with Gasteiger partial charge in [0.25, 0.3) is 0 Å². The summed E-state index contributed by atoms with van der Waals surface area (Å²) in [6.45, 7) is -0.113. The van der Waals surface area contributed by atoms with Gasteiger partial charge >= 0.3 is 6.36 Å². The number of aliphatic imine (C=N–C) groups is 1. The minimum atomic E-state index is -4.88. The molecule has 2 aromatic rings. The number of benzene rings is 2. The molecule has 5 nitrogen and oxygen atoms in total. The Kier molecular flexibility index (Phi) is 4.88. The molecule has 0 spiro atoms. The first-order valence-electron chi connectivity index (χ1n) is 7.44. The molecule has 0 atom stereocenters. The number of alkyl halides is 3. The quantitative estimate of drug-likeness (QED) is 0.867. The lowest BCUT2D eigenvalue weighted by molar-refractivity contribution is -0.274. The maximum absolute atomic E-state index is 12.8. The van der Waals surface area contributed by atoms with Gasteiger partial charge < -0.3 is 4.74 Å². The molecule has 0 radical (unpaired) electrons. The second-order valence-electron chi connectivity index (χ2n) is 5.36. The fraction of sp³-hybridized carbons (Fsp3) is 0.176. The molecular weight excluding hydrogens is 371 g/mol. The first kappa shape index (κ1) is 18.2. The van der Waals surface area contributed by atoms with E-state index in [0.29, 0.717) is 21.4 Å². The molecule has 9 heteroatoms. The highest BCUT2D eigenvalue weighted by Crippen LogP contribution is 2.31. The van der Waals surface area contributed by atoms with E-state index in [1.54, 1.807) is 18.2 Å². The zero-order chi connectivity index (χ0) is 18.9. The van der Waals surface area contributed by atoms with Crippen LogP contribution in [0.25, 0.3) is 5.70 Å². The number of hydrogen-bond acceptors (Lipinski definition) is 4. The Balaban J connectivity index is 2.36. The minimum absolute atomic E-state index is 0.0448. The number of amidine groups is 1. The molecule has 0 aromatic heterocycles. The molecule has 0 unspecified atom stereocenters. The van der Waals surface area contributed by atoms with Gasteiger partial charge in [-0.25, -0.2) is 10.1 Å². The summed E-state index contributed by atoms with van der Waals surface area (Å²) in [6.07, 6.45) is -4.88. The summed E-state index contributed by atoms with van der Waals surface area (Å²) in [4.78, 5) is 8.31. The summed E-state index contributed by atoms with van der Waals surface area (Å²) in [6, 6.07) is 10.3. The molecule has 1 aliphatic rings. The number of hydroxylamine groups is 2. The van der Waals surface area contributed by atoms with Crippen molar-refractivity contribution in [3.05, 3.63) is 63.6 Å². The van der Waals surface area contributed by atoms with Crippen molar-refractivity contribution in [1.29, 1.82) is 0 Å². The zero-order valence-electron chi connectivity index (χ0n) is 13.5. The Bertz CT molecular complexity index is 989. The predicted molar refractivity (Wildman–Crippen MR) is 89.7 cm³/mol. The summed E-state index contributed by atoms with van der Waals surface area (Å²) < 4.78 is 42.4. The third-order valence-electron chi connectivity index (χ3n) is 3.64. The lowest BCUT2D eigenvalue weighted by Crippen LogP contribution is -2.32. The molecule has 0 saturated heterocycles. The van der Waals surface area contributed by atoms with Crippen LogP contribution >= 0.6 is 11.6 Å². The molecule has 0 saturated carbocycles. The van der Waals surface area contributed by atoms with E-state index in [9.17, 15) is 18.4 Å². The Morgan fingerprint density at radius 3 is 2.65 bits per heavy atom. The average molecular weight is 384 g/mol. The summed E-state index contributed by atoms with van der Waals surface area (Å²) in [7, 11) is 1.51. The largest absolute Gasteiger partial charge is 0.573 e. The molecule has 0 bridgehead atoms. The third kappa shape index (κ3) is 3.81. The minimum Gasteiger partial charge on any atom is -0.405 e. The van der Waals surface area contributed by atoms with Crippen molar-refractivity contribution in [2.45, 2.75) is 6.36 Å². The van der Waals surface area contributed by atoms with Crippen molar-refractivity contribution in [3.8, 4) is 5.75 Å². The fourth-order valence-electron chi connectivity index (χ4n) is 2.60. The molecule has 26 heavy (non-hydrogen) atoms. The highest BCUT2D eigenvalue weighted by molar-refractivity contribution is 6.30. The smallest absolute Gasteiger partial charge is 0.405 e. The van der Waals surface area contributed by atoms with Crippen LogP contribution in [-0.4, -0.2) is 36.1 Å². The Morgan fingerprint density at radius 1 is 1.23 bits per heavy atom. The maximum Gasteiger partial charge on any atom is 0.573 e. The van der Waals surface area contributed by atoms with Gasteiger partial charge in [0, 0.05) is 22.9 Å². The van der Waals surface area contributed by atoms with Gasteiger partial charge in [-0.15, -0.1) is 13.2 Å². The molecule has 0 aliphatic carbocycles. The van der Waals surface area contributed by atoms with Crippen LogP contribution in [0.15, 0.2) is 52.4 Å². The van der Waals surface area contributed by atoms with E-state index in [4.69, 9.17) is 11.6 Å². The van der Waals surface area contributed by atoms with E-state index >= 15 is 0 Å². The van der Waals surface area contributed by atoms with Gasteiger partial charge in [0.1, 0.15) is 18.1 Å². The SMILES string of the molecule is CN=C1CN(O)C(c2ccccc2OC(F)(F)F)=c2cc(Cl)ccc2=N1. The van der Waals surface area contributed by atoms with Crippen LogP contribution < -0.4 is 15.3 Å². The summed E-state index contributed by atoms with van der Waals surface area (Å²) in [5.41, 5.74) is 0.133. The van der Waals surface area contributed by atoms with Crippen LogP contribution in [-0.2, 0) is 0 Å². The Morgan fingerprint density at radius 2 is 1.96 bits per heavy atom. The van der Waals surface area contributed by atoms with Gasteiger partial charge in [0.05, 0.1) is 11.1 Å². The highest BCUT2D eigenvalue weighted by Gasteiger charge is 2.33. The van der Waals surface area contributed by atoms with Crippen molar-refractivity contribution in [2.75, 3.05) is 13.6 Å². The molecule has 2 aromatic carbocycles. The number of rotatable bonds is 2. The average Bonchev–Trinajstić information content (AvgIpc) is 2.69. The fourth-order valence-corrected chi connectivity index (χ4v) is 2.77. The van der Waals surface area contributed by atoms with Crippen molar-refractivity contribution in [3.63, 3.8) is 0 Å². The first-order valence-corrected chi connectivity index (χ1v) is 7.82. The Hall–Kier alpha value is -2.58. The van der Waals surface area contributed by atoms with Crippen molar-refractivity contribution < 1.29 is 23.1 Å². The van der Waals surface area contributed by atoms with Gasteiger partial charge in [0.15, 0.2) is 0 Å². The normalized spacial score (nSPS) is 16.2. The number of halogens is 4. The van der Waals surface area contributed by atoms with Gasteiger partial charge in [-0.05, 0) is 30.3 Å². The second-order valence-corrected chi connectivity index (χ2v) is 5.80. The molecule has 3 rings (SSSR count). The highest BCUT2D eigenvalue weighted by atomic mass is 35.5. The predicted octanol–water partition coefficient (Wildman–Crippen LogP) is 2.75. The molecule has 1 N–H and O–H groups in total. The van der Waals surface area contributed by atoms with Crippen LogP contribution in [0.1, 0.15) is 5.56 Å². The number of fused-ring (bicyclic) bond motifs is 1. The molecule has 0 fully saturated rings. The van der Waals surface area contributed by atoms with Crippen molar-refractivity contribution >= 4 is 23.1 Å². The number of para-hydroxylation sites is 1. The van der Waals surface area contributed by atoms with Gasteiger partial charge in [-0.2, -0.15) is 0 Å². The number of ether oxygens (including phenoxy) is 1. The monoisotopic (exact) mass is 383 g/mol. The lowest BCUT2D eigenvalue weighted by Gasteiger charge is -2.21. The van der Waals surface area contributed by atoms with E-state index < -0.39 is 12.1 Å². The zero-order valence-corrected chi connectivity index (χ0v) is 14.2. The van der Waals surface area contributed by atoms with Crippen molar-refractivity contribution in [1.82, 2.24) is 5.06 Å². The van der Waals surface area contributed by atoms with Crippen LogP contribution in [0.3, 0.4) is 0 Å². The summed E-state index contributed by atoms with van der Waals surface area (Å²) >= 11 is 6.05. The number of hydrogen-bond donors (Lipinski definition) is 1. The molecular formula is C17H13ClF3N3O2. The Labute approximate surface area is 151 Å². The summed E-state index contributed by atoms with van der Waals surface area (Å²) in [5.74, 6) is -0.142. The molecule has 1 heterocycles. The van der Waals surface area contributed by atoms with Crippen LogP contribution in [0, 0.1) is 0 Å². The third-order valence-corrected chi connectivity index (χ3v) is 3.87. The number of nitrogens with zero attached hydrogens (tertiary/aromatic N) is 3. The maximum atomic E-state index is 12.8. The van der Waals surface area contributed by atoms with E-state index in [-0.39, 0.29) is 17.8 Å². The standard InChI is InChI=1S/C17H13ClF3N3O2/c1-22-15-9-24(25)16(12-8-10(18)6-7-13(12)23-15)11-4-2-3-5-14(11)26-17(19,20)21/h2-8,25H,9H2,1H3. The molecule has 1 aliphatic heterocycles. The van der Waals surface area contributed by atoms with Gasteiger partial charge in [0.2, 0.25) is 0 Å². The van der Waals surface area contributed by atoms with Crippen LogP contribution in [0.4, 0.5) is 13.2 Å². The molecule has 0 amide bonds. The lowest BCUT2D eigenvalue weighted by atomic mass is 10.1. The molecule has 136 valence electrons. The van der Waals surface area contributed by atoms with Crippen LogP contribution in [0.5, 0.6) is 5.75 Å². The van der Waals surface area contributed by atoms with E-state index in [0.717, 1.165) is 5.06 Å². The topological polar surface area (TPSA) is 57.4 Å². The van der Waals surface area contributed by atoms with E-state index in [1.807, 2.05) is 0 Å². The van der Waals surface area contributed by atoms with Crippen molar-refractivity contribution in [2.24, 2.45) is 9.98 Å². The van der Waals surface area contributed by atoms with Crippen LogP contribution in [0.2, 0.25) is 5.02 Å². The van der Waals surface area contributed by atoms with Gasteiger partial charge in [-0.3, -0.25) is 10.2 Å². The van der Waals surface area contributed by atoms with Gasteiger partial charge in [-0.1, -0.05) is 23.7 Å². The van der Waals surface area contributed by atoms with E-state index in [2.05, 4.69) is 14.7 Å². The second kappa shape index (κ2) is 6.97. The first-order chi connectivity index (χ1) is 12.3.